The molecule has 1 amide bonds. The maximum Gasteiger partial charge on any atom is 0.416 e. The van der Waals surface area contributed by atoms with Crippen molar-refractivity contribution in [2.45, 2.75) is 12.6 Å². The maximum absolute atomic E-state index is 13.5. The summed E-state index contributed by atoms with van der Waals surface area (Å²) in [6, 6.07) is 19.8. The minimum atomic E-state index is -4.50. The molecule has 3 aromatic carbocycles. The number of carbonyl (C=O) groups is 1. The van der Waals surface area contributed by atoms with E-state index in [9.17, 15) is 18.0 Å². The summed E-state index contributed by atoms with van der Waals surface area (Å²) < 4.78 is 45.5. The number of methoxy groups -OCH3 is 1. The molecule has 6 heteroatoms. The van der Waals surface area contributed by atoms with Gasteiger partial charge < -0.3 is 4.74 Å². The van der Waals surface area contributed by atoms with Crippen molar-refractivity contribution in [2.75, 3.05) is 13.7 Å². The second kappa shape index (κ2) is 8.04. The van der Waals surface area contributed by atoms with Gasteiger partial charge in [-0.1, -0.05) is 36.4 Å². The Morgan fingerprint density at radius 1 is 0.903 bits per heavy atom. The number of fused-ring (bicyclic) bond motifs is 1. The van der Waals surface area contributed by atoms with Crippen LogP contribution in [0.15, 0.2) is 78.9 Å². The standard InChI is InChI=1S/C25H21F3NO2/c1-31-23-12-5-3-8-19(23)15-16-29(21-10-6-9-20(17-21)25(26,27)28)22-11-4-2-7-18(22)13-14-24(29)30/h2-14,17H,15-16H2,1H3/q+1. The molecule has 0 bridgehead atoms. The zero-order chi connectivity index (χ0) is 22.1. The fourth-order valence-corrected chi connectivity index (χ4v) is 4.13. The normalized spacial score (nSPS) is 18.0. The van der Waals surface area contributed by atoms with Crippen LogP contribution in [-0.4, -0.2) is 19.6 Å². The molecular formula is C25H21F3NO2+. The third-order valence-corrected chi connectivity index (χ3v) is 5.65. The number of rotatable bonds is 5. The quantitative estimate of drug-likeness (QED) is 0.459. The van der Waals surface area contributed by atoms with Crippen molar-refractivity contribution in [1.29, 1.82) is 0 Å². The molecule has 3 nitrogen and oxygen atoms in total. The maximum atomic E-state index is 13.5. The Morgan fingerprint density at radius 3 is 2.42 bits per heavy atom. The predicted molar refractivity (Wildman–Crippen MR) is 115 cm³/mol. The fourth-order valence-electron chi connectivity index (χ4n) is 4.13. The van der Waals surface area contributed by atoms with Gasteiger partial charge in [-0.25, -0.2) is 4.79 Å². The highest BCUT2D eigenvalue weighted by atomic mass is 19.4. The number of quaternary nitrogens is 1. The lowest BCUT2D eigenvalue weighted by Crippen LogP contribution is -2.51. The van der Waals surface area contributed by atoms with Crippen molar-refractivity contribution in [3.8, 4) is 5.75 Å². The average Bonchev–Trinajstić information content (AvgIpc) is 2.78. The average molecular weight is 424 g/mol. The molecule has 1 heterocycles. The van der Waals surface area contributed by atoms with E-state index in [1.807, 2.05) is 36.4 Å². The highest BCUT2D eigenvalue weighted by Gasteiger charge is 2.45. The molecule has 0 radical (unpaired) electrons. The summed E-state index contributed by atoms with van der Waals surface area (Å²) in [4.78, 5) is 13.4. The number of hydrogen-bond acceptors (Lipinski definition) is 2. The Labute approximate surface area is 178 Å². The molecule has 0 fully saturated rings. The molecule has 31 heavy (non-hydrogen) atoms. The van der Waals surface area contributed by atoms with Gasteiger partial charge >= 0.3 is 12.1 Å². The van der Waals surface area contributed by atoms with E-state index < -0.39 is 11.7 Å². The van der Waals surface area contributed by atoms with Crippen molar-refractivity contribution in [1.82, 2.24) is 4.48 Å². The topological polar surface area (TPSA) is 26.3 Å². The summed E-state index contributed by atoms with van der Waals surface area (Å²) in [5, 5.41) is 0. The SMILES string of the molecule is COc1ccccc1CC[N+]1(c2cccc(C(F)(F)F)c2)C(=O)C=Cc2ccccc21. The van der Waals surface area contributed by atoms with E-state index >= 15 is 0 Å². The van der Waals surface area contributed by atoms with E-state index in [0.29, 0.717) is 17.9 Å². The van der Waals surface area contributed by atoms with Gasteiger partial charge in [-0.2, -0.15) is 17.7 Å². The molecule has 0 saturated heterocycles. The Bertz CT molecular complexity index is 1150. The number of hydrogen-bond donors (Lipinski definition) is 0. The zero-order valence-corrected chi connectivity index (χ0v) is 16.9. The Hall–Kier alpha value is -3.38. The number of alkyl halides is 3. The van der Waals surface area contributed by atoms with Gasteiger partial charge in [-0.15, -0.1) is 0 Å². The summed E-state index contributed by atoms with van der Waals surface area (Å²) in [5.41, 5.74) is 1.85. The van der Waals surface area contributed by atoms with Gasteiger partial charge in [0.1, 0.15) is 11.4 Å². The van der Waals surface area contributed by atoms with Crippen LogP contribution < -0.4 is 9.22 Å². The van der Waals surface area contributed by atoms with Gasteiger partial charge in [0.05, 0.1) is 19.2 Å². The number of amides is 1. The predicted octanol–water partition coefficient (Wildman–Crippen LogP) is 6.15. The van der Waals surface area contributed by atoms with Crippen molar-refractivity contribution in [3.63, 3.8) is 0 Å². The van der Waals surface area contributed by atoms with Gasteiger partial charge in [0.2, 0.25) is 0 Å². The summed E-state index contributed by atoms with van der Waals surface area (Å²) in [6.07, 6.45) is -0.902. The fraction of sp³-hybridized carbons (Fsp3) is 0.160. The third-order valence-electron chi connectivity index (χ3n) is 5.65. The molecule has 0 spiro atoms. The first-order chi connectivity index (χ1) is 14.9. The highest BCUT2D eigenvalue weighted by Crippen LogP contribution is 2.43. The molecule has 1 aliphatic heterocycles. The lowest BCUT2D eigenvalue weighted by Gasteiger charge is -2.37. The van der Waals surface area contributed by atoms with Crippen LogP contribution >= 0.6 is 0 Å². The molecule has 4 rings (SSSR count). The molecule has 1 unspecified atom stereocenters. The van der Waals surface area contributed by atoms with Crippen LogP contribution in [-0.2, 0) is 17.4 Å². The molecule has 3 aromatic rings. The number of benzene rings is 3. The van der Waals surface area contributed by atoms with E-state index in [0.717, 1.165) is 23.3 Å². The zero-order valence-electron chi connectivity index (χ0n) is 16.9. The number of carbonyl (C=O) groups excluding carboxylic acids is 1. The largest absolute Gasteiger partial charge is 0.496 e. The molecule has 0 aromatic heterocycles. The smallest absolute Gasteiger partial charge is 0.416 e. The van der Waals surface area contributed by atoms with E-state index in [2.05, 4.69) is 0 Å². The number of nitrogens with zero attached hydrogens (tertiary/aromatic N) is 1. The van der Waals surface area contributed by atoms with Crippen LogP contribution in [0.5, 0.6) is 5.75 Å². The van der Waals surface area contributed by atoms with Crippen molar-refractivity contribution in [3.05, 3.63) is 95.6 Å². The summed E-state index contributed by atoms with van der Waals surface area (Å²) in [7, 11) is 1.57. The highest BCUT2D eigenvalue weighted by molar-refractivity contribution is 6.08. The van der Waals surface area contributed by atoms with Gasteiger partial charge in [-0.3, -0.25) is 0 Å². The lowest BCUT2D eigenvalue weighted by molar-refractivity contribution is -0.137. The van der Waals surface area contributed by atoms with Crippen LogP contribution in [0.25, 0.3) is 6.08 Å². The van der Waals surface area contributed by atoms with E-state index in [4.69, 9.17) is 4.74 Å². The van der Waals surface area contributed by atoms with Gasteiger partial charge in [0, 0.05) is 36.3 Å². The minimum absolute atomic E-state index is 0.252. The Morgan fingerprint density at radius 2 is 1.65 bits per heavy atom. The van der Waals surface area contributed by atoms with Crippen LogP contribution in [0.4, 0.5) is 24.5 Å². The number of halogens is 3. The summed E-state index contributed by atoms with van der Waals surface area (Å²) in [5.74, 6) is 0.394. The molecule has 0 N–H and O–H groups in total. The Balaban J connectivity index is 1.88. The number of ether oxygens (including phenoxy) is 1. The van der Waals surface area contributed by atoms with Crippen LogP contribution in [0.1, 0.15) is 16.7 Å². The van der Waals surface area contributed by atoms with E-state index in [1.165, 1.54) is 12.1 Å². The molecule has 1 aliphatic rings. The van der Waals surface area contributed by atoms with E-state index in [1.54, 1.807) is 31.4 Å². The van der Waals surface area contributed by atoms with Crippen molar-refractivity contribution >= 4 is 23.4 Å². The summed E-state index contributed by atoms with van der Waals surface area (Å²) >= 11 is 0. The molecule has 0 saturated carbocycles. The van der Waals surface area contributed by atoms with E-state index in [-0.39, 0.29) is 22.6 Å². The van der Waals surface area contributed by atoms with Crippen LogP contribution in [0.2, 0.25) is 0 Å². The van der Waals surface area contributed by atoms with Crippen molar-refractivity contribution < 1.29 is 22.7 Å². The van der Waals surface area contributed by atoms with Crippen molar-refractivity contribution in [2.24, 2.45) is 0 Å². The van der Waals surface area contributed by atoms with Gasteiger partial charge in [0.25, 0.3) is 0 Å². The van der Waals surface area contributed by atoms with Gasteiger partial charge in [0.15, 0.2) is 5.69 Å². The molecule has 158 valence electrons. The third kappa shape index (κ3) is 3.75. The summed E-state index contributed by atoms with van der Waals surface area (Å²) in [6.45, 7) is 0.252. The number of para-hydroxylation sites is 2. The molecule has 0 aliphatic carbocycles. The molecule has 1 atom stereocenters. The first-order valence-electron chi connectivity index (χ1n) is 9.86. The Kier molecular flexibility index (Phi) is 5.41. The van der Waals surface area contributed by atoms with Gasteiger partial charge in [-0.05, 0) is 29.8 Å². The first-order valence-corrected chi connectivity index (χ1v) is 9.86. The second-order valence-corrected chi connectivity index (χ2v) is 7.37. The van der Waals surface area contributed by atoms with Crippen LogP contribution in [0, 0.1) is 0 Å². The minimum Gasteiger partial charge on any atom is -0.496 e. The first kappa shape index (κ1) is 20.9. The lowest BCUT2D eigenvalue weighted by atomic mass is 9.99. The molecular weight excluding hydrogens is 403 g/mol. The second-order valence-electron chi connectivity index (χ2n) is 7.37. The monoisotopic (exact) mass is 424 g/mol. The van der Waals surface area contributed by atoms with Crippen LogP contribution in [0.3, 0.4) is 0 Å².